The first-order valence-corrected chi connectivity index (χ1v) is 17.9. The molecule has 7 aromatic rings. The molecule has 5 aromatic carbocycles. The van der Waals surface area contributed by atoms with Gasteiger partial charge in [0.05, 0.1) is 5.69 Å². The zero-order valence-corrected chi connectivity index (χ0v) is 33.9. The molecule has 4 nitrogen and oxygen atoms in total. The fourth-order valence-corrected chi connectivity index (χ4v) is 6.45. The Morgan fingerprint density at radius 2 is 1.08 bits per heavy atom. The van der Waals surface area contributed by atoms with E-state index in [0.717, 1.165) is 28.1 Å². The second kappa shape index (κ2) is 15.2. The predicted molar refractivity (Wildman–Crippen MR) is 210 cm³/mol. The van der Waals surface area contributed by atoms with Gasteiger partial charge in [0, 0.05) is 33.6 Å². The van der Waals surface area contributed by atoms with E-state index in [1.165, 1.54) is 38.7 Å². The Morgan fingerprint density at radius 3 is 1.55 bits per heavy atom. The van der Waals surface area contributed by atoms with E-state index in [1.807, 2.05) is 16.8 Å². The molecule has 0 spiro atoms. The van der Waals surface area contributed by atoms with Gasteiger partial charge in [-0.1, -0.05) is 184 Å². The van der Waals surface area contributed by atoms with Gasteiger partial charge >= 0.3 is 0 Å². The maximum Gasteiger partial charge on any atom is 0.231 e. The van der Waals surface area contributed by atoms with Gasteiger partial charge in [0.2, 0.25) is 12.2 Å². The zero-order valence-electron chi connectivity index (χ0n) is 31.7. The van der Waals surface area contributed by atoms with Crippen molar-refractivity contribution in [3.05, 3.63) is 144 Å². The van der Waals surface area contributed by atoms with Crippen LogP contribution in [0.15, 0.2) is 115 Å². The molecule has 0 bridgehead atoms. The first-order valence-electron chi connectivity index (χ1n) is 17.9. The van der Waals surface area contributed by atoms with Crippen molar-refractivity contribution in [1.82, 2.24) is 14.8 Å². The third-order valence-electron chi connectivity index (χ3n) is 9.43. The van der Waals surface area contributed by atoms with E-state index >= 15 is 0 Å². The maximum atomic E-state index is 5.20. The molecule has 0 aliphatic heterocycles. The molecule has 1 radical (unpaired) electrons. The third-order valence-corrected chi connectivity index (χ3v) is 9.43. The van der Waals surface area contributed by atoms with Gasteiger partial charge in [-0.3, -0.25) is 0 Å². The standard InChI is InChI=1S/C34H43N3.C12H8N.Au/c1-23(2)29-17-14-18-30(24(3)4)31(29)36-22-37(35-32(36)25-15-12-11-13-16-25)28-20-26(33(5,6)7)19-27(21-28)34(8,9)10;1-3-7-11-9(5-1)10-6-2-4-8-12(10)13-11;/h11-21,23-24H,1-10H3;1-8H;/q;-1;. The molecule has 2 heterocycles. The van der Waals surface area contributed by atoms with Crippen molar-refractivity contribution in [3.8, 4) is 22.8 Å². The van der Waals surface area contributed by atoms with Crippen molar-refractivity contribution in [1.29, 1.82) is 0 Å². The van der Waals surface area contributed by atoms with Crippen LogP contribution in [0, 0.1) is 6.33 Å². The second-order valence-corrected chi connectivity index (χ2v) is 16.0. The molecule has 0 amide bonds. The monoisotopic (exact) mass is 856 g/mol. The number of fused-ring (bicyclic) bond motifs is 3. The van der Waals surface area contributed by atoms with Gasteiger partial charge in [-0.15, -0.1) is 11.0 Å². The summed E-state index contributed by atoms with van der Waals surface area (Å²) in [5.41, 5.74) is 10.8. The number of nitrogens with zero attached hydrogens (tertiary/aromatic N) is 4. The molecule has 267 valence electrons. The van der Waals surface area contributed by atoms with Crippen LogP contribution in [0.3, 0.4) is 0 Å². The summed E-state index contributed by atoms with van der Waals surface area (Å²) in [5.74, 6) is 1.64. The van der Waals surface area contributed by atoms with Gasteiger partial charge in [-0.25, -0.2) is 0 Å². The van der Waals surface area contributed by atoms with Gasteiger partial charge in [-0.05, 0) is 60.8 Å². The molecule has 5 heteroatoms. The van der Waals surface area contributed by atoms with Crippen LogP contribution >= 0.6 is 0 Å². The topological polar surface area (TPSA) is 35.8 Å². The summed E-state index contributed by atoms with van der Waals surface area (Å²) in [5, 5.41) is 7.69. The minimum absolute atomic E-state index is 0. The van der Waals surface area contributed by atoms with E-state index in [-0.39, 0.29) is 33.2 Å². The van der Waals surface area contributed by atoms with E-state index in [4.69, 9.17) is 5.10 Å². The molecule has 0 saturated heterocycles. The molecule has 0 aliphatic carbocycles. The SMILES string of the molecule is CC(C)c1cccc(C(C)C)c1-[n+]1[c-]n(-c2cc(C(C)(C)C)cc(C(C)(C)C)c2)nc1-c1ccccc1.[Au].c1ccc2c(c1)[n-]c1ccccc12. The summed E-state index contributed by atoms with van der Waals surface area (Å²) in [6, 6.07) is 40.5. The Balaban J connectivity index is 0.000000298. The van der Waals surface area contributed by atoms with Gasteiger partial charge in [-0.2, -0.15) is 4.68 Å². The van der Waals surface area contributed by atoms with Crippen molar-refractivity contribution in [3.63, 3.8) is 0 Å². The van der Waals surface area contributed by atoms with Crippen molar-refractivity contribution in [2.75, 3.05) is 0 Å². The Hall–Kier alpha value is -4.22. The average molecular weight is 857 g/mol. The number of benzene rings is 5. The Morgan fingerprint density at radius 1 is 0.608 bits per heavy atom. The summed E-state index contributed by atoms with van der Waals surface area (Å²) in [6.45, 7) is 22.7. The van der Waals surface area contributed by atoms with Crippen LogP contribution in [0.2, 0.25) is 0 Å². The number of aromatic nitrogens is 4. The maximum absolute atomic E-state index is 5.20. The van der Waals surface area contributed by atoms with Crippen molar-refractivity contribution < 1.29 is 26.9 Å². The third kappa shape index (κ3) is 8.15. The van der Waals surface area contributed by atoms with Crippen LogP contribution in [-0.2, 0) is 33.2 Å². The Labute approximate surface area is 320 Å². The molecule has 0 atom stereocenters. The molecule has 0 fully saturated rings. The minimum Gasteiger partial charge on any atom is -0.657 e. The summed E-state index contributed by atoms with van der Waals surface area (Å²) in [4.78, 5) is 4.52. The summed E-state index contributed by atoms with van der Waals surface area (Å²) in [6.07, 6.45) is 3.68. The molecule has 0 aliphatic rings. The summed E-state index contributed by atoms with van der Waals surface area (Å²) in [7, 11) is 0. The fourth-order valence-electron chi connectivity index (χ4n) is 6.45. The van der Waals surface area contributed by atoms with E-state index in [9.17, 15) is 0 Å². The van der Waals surface area contributed by atoms with E-state index < -0.39 is 0 Å². The smallest absolute Gasteiger partial charge is 0.231 e. The summed E-state index contributed by atoms with van der Waals surface area (Å²) < 4.78 is 4.15. The molecule has 51 heavy (non-hydrogen) atoms. The number of hydrogen-bond donors (Lipinski definition) is 0. The Kier molecular flexibility index (Phi) is 11.3. The van der Waals surface area contributed by atoms with Crippen LogP contribution < -0.4 is 9.55 Å². The largest absolute Gasteiger partial charge is 0.657 e. The molecule has 0 unspecified atom stereocenters. The van der Waals surface area contributed by atoms with Gasteiger partial charge in [0.1, 0.15) is 0 Å². The molecule has 7 rings (SSSR count). The van der Waals surface area contributed by atoms with Crippen molar-refractivity contribution >= 4 is 21.8 Å². The van der Waals surface area contributed by atoms with Gasteiger partial charge in [0.15, 0.2) is 0 Å². The zero-order chi connectivity index (χ0) is 35.8. The van der Waals surface area contributed by atoms with Crippen LogP contribution in [0.25, 0.3) is 44.6 Å². The number of para-hydroxylation sites is 3. The predicted octanol–water partition coefficient (Wildman–Crippen LogP) is 11.4. The van der Waals surface area contributed by atoms with E-state index in [1.54, 1.807) is 0 Å². The molecule has 0 N–H and O–H groups in total. The molecular weight excluding hydrogens is 806 g/mol. The summed E-state index contributed by atoms with van der Waals surface area (Å²) >= 11 is 0. The normalized spacial score (nSPS) is 11.9. The van der Waals surface area contributed by atoms with Crippen molar-refractivity contribution in [2.45, 2.75) is 91.9 Å². The van der Waals surface area contributed by atoms with Gasteiger partial charge < -0.3 is 9.55 Å². The van der Waals surface area contributed by atoms with Crippen LogP contribution in [0.1, 0.15) is 103 Å². The molecule has 0 saturated carbocycles. The first kappa shape index (κ1) is 38.0. The minimum atomic E-state index is 0. The molecule has 2 aromatic heterocycles. The van der Waals surface area contributed by atoms with Gasteiger partial charge in [0.25, 0.3) is 0 Å². The first-order chi connectivity index (χ1) is 23.7. The Bertz CT molecular complexity index is 2130. The van der Waals surface area contributed by atoms with E-state index in [0.29, 0.717) is 11.8 Å². The van der Waals surface area contributed by atoms with Crippen LogP contribution in [0.4, 0.5) is 0 Å². The second-order valence-electron chi connectivity index (χ2n) is 16.0. The van der Waals surface area contributed by atoms with Crippen molar-refractivity contribution in [2.24, 2.45) is 0 Å². The fraction of sp³-hybridized carbons (Fsp3) is 0.304. The average Bonchev–Trinajstić information content (AvgIpc) is 3.70. The number of rotatable bonds is 5. The van der Waals surface area contributed by atoms with Crippen LogP contribution in [0.5, 0.6) is 0 Å². The number of hydrogen-bond acceptors (Lipinski definition) is 1. The quantitative estimate of drug-likeness (QED) is 0.0982. The van der Waals surface area contributed by atoms with E-state index in [2.05, 4.69) is 188 Å². The van der Waals surface area contributed by atoms with Crippen LogP contribution in [-0.4, -0.2) is 9.78 Å². The molecular formula is C46H51AuN4-.